The Morgan fingerprint density at radius 2 is 1.83 bits per heavy atom. The molecule has 2 aromatic rings. The molecule has 1 fully saturated rings. The summed E-state index contributed by atoms with van der Waals surface area (Å²) >= 11 is 0. The zero-order chi connectivity index (χ0) is 21.3. The molecule has 0 saturated heterocycles. The number of nitrogens with zero attached hydrogens (tertiary/aromatic N) is 2. The summed E-state index contributed by atoms with van der Waals surface area (Å²) in [6.45, 7) is 8.43. The number of aryl methyl sites for hydroxylation is 1. The molecule has 1 aromatic carbocycles. The van der Waals surface area contributed by atoms with Crippen molar-refractivity contribution in [3.05, 3.63) is 53.6 Å². The number of nitrogens with one attached hydrogen (secondary N) is 1. The molecule has 1 aliphatic carbocycles. The second-order valence-electron chi connectivity index (χ2n) is 8.55. The summed E-state index contributed by atoms with van der Waals surface area (Å²) in [7, 11) is 5.15. The average Bonchev–Trinajstić information content (AvgIpc) is 2.98. The van der Waals surface area contributed by atoms with Gasteiger partial charge in [0.1, 0.15) is 23.4 Å². The minimum atomic E-state index is -0.407. The SMILES string of the molecule is COc1cc(OC)cc(C(NC(=O)C2C(C=C(C)C)C2(C)C)c2nccn2C)c1. The molecule has 3 unspecified atom stereocenters. The zero-order valence-electron chi connectivity index (χ0n) is 18.3. The number of ether oxygens (including phenoxy) is 2. The highest BCUT2D eigenvalue weighted by atomic mass is 16.5. The van der Waals surface area contributed by atoms with Gasteiger partial charge in [-0.3, -0.25) is 4.79 Å². The van der Waals surface area contributed by atoms with Crippen LogP contribution < -0.4 is 14.8 Å². The van der Waals surface area contributed by atoms with Crippen LogP contribution in [0.2, 0.25) is 0 Å². The standard InChI is InChI=1S/C23H31N3O3/c1-14(2)10-18-19(23(18,3)4)22(27)25-20(21-24-8-9-26(21)5)15-11-16(28-6)13-17(12-15)29-7/h8-13,18-20H,1-7H3,(H,25,27). The highest BCUT2D eigenvalue weighted by Crippen LogP contribution is 2.59. The van der Waals surface area contributed by atoms with Crippen molar-refractivity contribution in [1.82, 2.24) is 14.9 Å². The second kappa shape index (κ2) is 7.93. The molecule has 6 nitrogen and oxygen atoms in total. The minimum Gasteiger partial charge on any atom is -0.497 e. The molecule has 1 heterocycles. The molecule has 0 aliphatic heterocycles. The molecule has 3 rings (SSSR count). The number of methoxy groups -OCH3 is 2. The van der Waals surface area contributed by atoms with E-state index in [2.05, 4.69) is 44.1 Å². The number of hydrogen-bond donors (Lipinski definition) is 1. The third-order valence-electron chi connectivity index (χ3n) is 5.82. The van der Waals surface area contributed by atoms with Crippen LogP contribution in [-0.4, -0.2) is 29.7 Å². The number of allylic oxidation sites excluding steroid dienone is 2. The number of rotatable bonds is 7. The van der Waals surface area contributed by atoms with E-state index in [0.29, 0.717) is 11.5 Å². The highest BCUT2D eigenvalue weighted by molar-refractivity contribution is 5.84. The number of carbonyl (C=O) groups is 1. The summed E-state index contributed by atoms with van der Waals surface area (Å²) in [5.74, 6) is 2.31. The Morgan fingerprint density at radius 1 is 1.21 bits per heavy atom. The zero-order valence-corrected chi connectivity index (χ0v) is 18.3. The quantitative estimate of drug-likeness (QED) is 0.720. The Kier molecular flexibility index (Phi) is 5.73. The van der Waals surface area contributed by atoms with E-state index in [-0.39, 0.29) is 23.2 Å². The molecule has 0 bridgehead atoms. The summed E-state index contributed by atoms with van der Waals surface area (Å²) in [5.41, 5.74) is 2.04. The molecule has 6 heteroatoms. The summed E-state index contributed by atoms with van der Waals surface area (Å²) in [6, 6.07) is 5.23. The first-order valence-electron chi connectivity index (χ1n) is 9.84. The monoisotopic (exact) mass is 397 g/mol. The van der Waals surface area contributed by atoms with E-state index in [9.17, 15) is 4.79 Å². The fraction of sp³-hybridized carbons (Fsp3) is 0.478. The lowest BCUT2D eigenvalue weighted by Gasteiger charge is -2.21. The molecule has 156 valence electrons. The van der Waals surface area contributed by atoms with Gasteiger partial charge in [0.25, 0.3) is 0 Å². The third-order valence-corrected chi connectivity index (χ3v) is 5.82. The van der Waals surface area contributed by atoms with Gasteiger partial charge in [-0.2, -0.15) is 0 Å². The van der Waals surface area contributed by atoms with Crippen LogP contribution in [-0.2, 0) is 11.8 Å². The van der Waals surface area contributed by atoms with E-state index in [0.717, 1.165) is 11.4 Å². The van der Waals surface area contributed by atoms with Gasteiger partial charge in [0, 0.05) is 25.5 Å². The van der Waals surface area contributed by atoms with Crippen LogP contribution in [0, 0.1) is 17.3 Å². The van der Waals surface area contributed by atoms with Crippen LogP contribution in [0.25, 0.3) is 0 Å². The number of benzene rings is 1. The van der Waals surface area contributed by atoms with Gasteiger partial charge in [0.15, 0.2) is 0 Å². The highest BCUT2D eigenvalue weighted by Gasteiger charge is 2.60. The van der Waals surface area contributed by atoms with Crippen LogP contribution in [0.15, 0.2) is 42.2 Å². The normalized spacial score (nSPS) is 20.5. The van der Waals surface area contributed by atoms with Crippen LogP contribution in [0.4, 0.5) is 0 Å². The first-order chi connectivity index (χ1) is 13.7. The van der Waals surface area contributed by atoms with E-state index >= 15 is 0 Å². The van der Waals surface area contributed by atoms with Crippen LogP contribution in [0.5, 0.6) is 11.5 Å². The third kappa shape index (κ3) is 4.16. The van der Waals surface area contributed by atoms with Gasteiger partial charge in [-0.15, -0.1) is 0 Å². The largest absolute Gasteiger partial charge is 0.497 e. The smallest absolute Gasteiger partial charge is 0.225 e. The van der Waals surface area contributed by atoms with Gasteiger partial charge < -0.3 is 19.4 Å². The molecule has 1 aromatic heterocycles. The van der Waals surface area contributed by atoms with Crippen molar-refractivity contribution in [3.63, 3.8) is 0 Å². The first-order valence-corrected chi connectivity index (χ1v) is 9.84. The van der Waals surface area contributed by atoms with Gasteiger partial charge in [0.05, 0.1) is 20.1 Å². The van der Waals surface area contributed by atoms with Crippen LogP contribution >= 0.6 is 0 Å². The molecule has 1 saturated carbocycles. The van der Waals surface area contributed by atoms with Crippen LogP contribution in [0.1, 0.15) is 45.1 Å². The maximum Gasteiger partial charge on any atom is 0.225 e. The summed E-state index contributed by atoms with van der Waals surface area (Å²) in [5, 5.41) is 3.24. The molecule has 0 radical (unpaired) electrons. The molecule has 1 aliphatic rings. The Morgan fingerprint density at radius 3 is 2.31 bits per heavy atom. The maximum atomic E-state index is 13.3. The molecule has 3 atom stereocenters. The van der Waals surface area contributed by atoms with Crippen molar-refractivity contribution in [1.29, 1.82) is 0 Å². The fourth-order valence-electron chi connectivity index (χ4n) is 4.03. The van der Waals surface area contributed by atoms with Crippen molar-refractivity contribution < 1.29 is 14.3 Å². The number of imidazole rings is 1. The van der Waals surface area contributed by atoms with E-state index in [1.807, 2.05) is 36.0 Å². The lowest BCUT2D eigenvalue weighted by atomic mass is 10.0. The fourth-order valence-corrected chi connectivity index (χ4v) is 4.03. The predicted molar refractivity (Wildman–Crippen MR) is 113 cm³/mol. The van der Waals surface area contributed by atoms with E-state index < -0.39 is 6.04 Å². The molecular formula is C23H31N3O3. The number of carbonyl (C=O) groups excluding carboxylic acids is 1. The topological polar surface area (TPSA) is 65.4 Å². The Balaban J connectivity index is 1.96. The Labute approximate surface area is 172 Å². The molecular weight excluding hydrogens is 366 g/mol. The lowest BCUT2D eigenvalue weighted by molar-refractivity contribution is -0.123. The number of hydrogen-bond acceptors (Lipinski definition) is 4. The van der Waals surface area contributed by atoms with Crippen molar-refractivity contribution in [2.75, 3.05) is 14.2 Å². The van der Waals surface area contributed by atoms with E-state index in [1.165, 1.54) is 5.57 Å². The summed E-state index contributed by atoms with van der Waals surface area (Å²) in [4.78, 5) is 17.8. The van der Waals surface area contributed by atoms with E-state index in [4.69, 9.17) is 9.47 Å². The van der Waals surface area contributed by atoms with Crippen molar-refractivity contribution in [2.45, 2.75) is 33.7 Å². The molecule has 1 amide bonds. The van der Waals surface area contributed by atoms with Crippen molar-refractivity contribution in [3.8, 4) is 11.5 Å². The molecule has 1 N–H and O–H groups in total. The van der Waals surface area contributed by atoms with E-state index in [1.54, 1.807) is 20.4 Å². The van der Waals surface area contributed by atoms with Crippen molar-refractivity contribution >= 4 is 5.91 Å². The van der Waals surface area contributed by atoms with Crippen molar-refractivity contribution in [2.24, 2.45) is 24.3 Å². The van der Waals surface area contributed by atoms with Gasteiger partial charge >= 0.3 is 0 Å². The lowest BCUT2D eigenvalue weighted by Crippen LogP contribution is -2.33. The number of amides is 1. The second-order valence-corrected chi connectivity index (χ2v) is 8.55. The Bertz CT molecular complexity index is 903. The van der Waals surface area contributed by atoms with Gasteiger partial charge in [-0.1, -0.05) is 25.5 Å². The van der Waals surface area contributed by atoms with Crippen LogP contribution in [0.3, 0.4) is 0 Å². The summed E-state index contributed by atoms with van der Waals surface area (Å²) in [6.07, 6.45) is 5.81. The predicted octanol–water partition coefficient (Wildman–Crippen LogP) is 3.88. The number of aromatic nitrogens is 2. The summed E-state index contributed by atoms with van der Waals surface area (Å²) < 4.78 is 12.8. The first kappa shape index (κ1) is 21.0. The average molecular weight is 398 g/mol. The molecule has 29 heavy (non-hydrogen) atoms. The minimum absolute atomic E-state index is 0.0345. The Hall–Kier alpha value is -2.76. The van der Waals surface area contributed by atoms with Gasteiger partial charge in [-0.25, -0.2) is 4.98 Å². The molecule has 0 spiro atoms. The van der Waals surface area contributed by atoms with Gasteiger partial charge in [0.2, 0.25) is 5.91 Å². The maximum absolute atomic E-state index is 13.3. The van der Waals surface area contributed by atoms with Gasteiger partial charge in [-0.05, 0) is 42.9 Å².